The van der Waals surface area contributed by atoms with Crippen LogP contribution in [0.4, 0.5) is 0 Å². The Kier molecular flexibility index (Phi) is 5.41. The number of hydrogen-bond donors (Lipinski definition) is 1. The highest BCUT2D eigenvalue weighted by molar-refractivity contribution is 6.00. The molecular formula is C19H25NO4. The standard InChI is InChI=1S/C19H25NO4/c1-23-17-13-16-14(12-18(17)24-11-4-2-3-10-21)7-8-15-6-5-9-20(15)19(16)22/h7-8,12-13,15,21H,2-6,9-11H2,1H3. The molecule has 0 radical (unpaired) electrons. The van der Waals surface area contributed by atoms with Gasteiger partial charge in [-0.05, 0) is 49.8 Å². The molecule has 0 bridgehead atoms. The maximum absolute atomic E-state index is 12.8. The highest BCUT2D eigenvalue weighted by Gasteiger charge is 2.31. The van der Waals surface area contributed by atoms with Crippen LogP contribution in [0.2, 0.25) is 0 Å². The molecule has 24 heavy (non-hydrogen) atoms. The lowest BCUT2D eigenvalue weighted by Gasteiger charge is -2.21. The molecule has 0 aliphatic carbocycles. The van der Waals surface area contributed by atoms with Crippen LogP contribution in [0.5, 0.6) is 11.5 Å². The lowest BCUT2D eigenvalue weighted by Crippen LogP contribution is -2.33. The molecule has 1 saturated heterocycles. The number of carbonyl (C=O) groups is 1. The molecular weight excluding hydrogens is 306 g/mol. The zero-order valence-corrected chi connectivity index (χ0v) is 14.2. The van der Waals surface area contributed by atoms with Gasteiger partial charge in [0.15, 0.2) is 11.5 Å². The van der Waals surface area contributed by atoms with E-state index in [-0.39, 0.29) is 18.6 Å². The third kappa shape index (κ3) is 3.41. The van der Waals surface area contributed by atoms with E-state index in [2.05, 4.69) is 6.08 Å². The number of fused-ring (bicyclic) bond motifs is 2. The highest BCUT2D eigenvalue weighted by Crippen LogP contribution is 2.35. The van der Waals surface area contributed by atoms with E-state index in [0.29, 0.717) is 23.7 Å². The largest absolute Gasteiger partial charge is 0.493 e. The summed E-state index contributed by atoms with van der Waals surface area (Å²) in [5, 5.41) is 8.81. The Morgan fingerprint density at radius 3 is 2.92 bits per heavy atom. The fourth-order valence-electron chi connectivity index (χ4n) is 3.36. The second-order valence-corrected chi connectivity index (χ2v) is 6.29. The minimum atomic E-state index is 0.0743. The number of nitrogens with zero attached hydrogens (tertiary/aromatic N) is 1. The van der Waals surface area contributed by atoms with Crippen molar-refractivity contribution >= 4 is 12.0 Å². The Morgan fingerprint density at radius 2 is 2.12 bits per heavy atom. The van der Waals surface area contributed by atoms with E-state index in [1.807, 2.05) is 17.0 Å². The first-order chi connectivity index (χ1) is 11.7. The average Bonchev–Trinajstić information content (AvgIpc) is 3.03. The fraction of sp³-hybridized carbons (Fsp3) is 0.526. The quantitative estimate of drug-likeness (QED) is 0.781. The van der Waals surface area contributed by atoms with Gasteiger partial charge >= 0.3 is 0 Å². The Bertz CT molecular complexity index is 626. The van der Waals surface area contributed by atoms with Crippen molar-refractivity contribution in [1.82, 2.24) is 4.90 Å². The Labute approximate surface area is 142 Å². The Morgan fingerprint density at radius 1 is 1.25 bits per heavy atom. The van der Waals surface area contributed by atoms with Crippen molar-refractivity contribution in [3.05, 3.63) is 29.3 Å². The van der Waals surface area contributed by atoms with Crippen molar-refractivity contribution in [2.24, 2.45) is 0 Å². The molecule has 1 unspecified atom stereocenters. The summed E-state index contributed by atoms with van der Waals surface area (Å²) in [6.45, 7) is 1.60. The topological polar surface area (TPSA) is 59.0 Å². The summed E-state index contributed by atoms with van der Waals surface area (Å²) in [6, 6.07) is 3.90. The molecule has 5 heteroatoms. The predicted octanol–water partition coefficient (Wildman–Crippen LogP) is 2.87. The van der Waals surface area contributed by atoms with Crippen LogP contribution in [0.25, 0.3) is 6.08 Å². The van der Waals surface area contributed by atoms with Gasteiger partial charge in [-0.2, -0.15) is 0 Å². The summed E-state index contributed by atoms with van der Waals surface area (Å²) in [4.78, 5) is 14.7. The maximum atomic E-state index is 12.8. The molecule has 1 aromatic rings. The zero-order chi connectivity index (χ0) is 16.9. The number of unbranched alkanes of at least 4 members (excludes halogenated alkanes) is 2. The number of methoxy groups -OCH3 is 1. The van der Waals surface area contributed by atoms with E-state index < -0.39 is 0 Å². The fourth-order valence-corrected chi connectivity index (χ4v) is 3.36. The van der Waals surface area contributed by atoms with Gasteiger partial charge in [-0.3, -0.25) is 4.79 Å². The number of ether oxygens (including phenoxy) is 2. The number of aliphatic hydroxyl groups is 1. The molecule has 5 nitrogen and oxygen atoms in total. The first kappa shape index (κ1) is 16.8. The monoisotopic (exact) mass is 331 g/mol. The lowest BCUT2D eigenvalue weighted by molar-refractivity contribution is 0.0763. The maximum Gasteiger partial charge on any atom is 0.255 e. The molecule has 0 spiro atoms. The molecule has 1 N–H and O–H groups in total. The number of rotatable bonds is 7. The van der Waals surface area contributed by atoms with Gasteiger partial charge in [0.1, 0.15) is 0 Å². The normalized spacial score (nSPS) is 19.0. The molecule has 130 valence electrons. The van der Waals surface area contributed by atoms with Crippen molar-refractivity contribution in [1.29, 1.82) is 0 Å². The minimum absolute atomic E-state index is 0.0743. The number of aliphatic hydroxyl groups excluding tert-OH is 1. The smallest absolute Gasteiger partial charge is 0.255 e. The van der Waals surface area contributed by atoms with Crippen molar-refractivity contribution in [3.63, 3.8) is 0 Å². The summed E-state index contributed by atoms with van der Waals surface area (Å²) < 4.78 is 11.3. The molecule has 3 rings (SSSR count). The van der Waals surface area contributed by atoms with Crippen LogP contribution in [0.1, 0.15) is 48.0 Å². The van der Waals surface area contributed by atoms with Crippen LogP contribution >= 0.6 is 0 Å². The first-order valence-corrected chi connectivity index (χ1v) is 8.69. The SMILES string of the molecule is COc1cc2c(cc1OCCCCCO)C=CC1CCCN1C2=O. The Balaban J connectivity index is 1.80. The van der Waals surface area contributed by atoms with Crippen molar-refractivity contribution in [2.45, 2.75) is 38.1 Å². The highest BCUT2D eigenvalue weighted by atomic mass is 16.5. The van der Waals surface area contributed by atoms with Gasteiger partial charge in [-0.25, -0.2) is 0 Å². The number of benzene rings is 1. The zero-order valence-electron chi connectivity index (χ0n) is 14.2. The summed E-state index contributed by atoms with van der Waals surface area (Å²) in [7, 11) is 1.59. The van der Waals surface area contributed by atoms with Crippen molar-refractivity contribution in [2.75, 3.05) is 26.9 Å². The van der Waals surface area contributed by atoms with Crippen LogP contribution in [0.15, 0.2) is 18.2 Å². The summed E-state index contributed by atoms with van der Waals surface area (Å²) >= 11 is 0. The van der Waals surface area contributed by atoms with Crippen LogP contribution in [0, 0.1) is 0 Å². The van der Waals surface area contributed by atoms with Crippen LogP contribution in [-0.2, 0) is 0 Å². The van der Waals surface area contributed by atoms with Gasteiger partial charge in [0.05, 0.1) is 25.3 Å². The lowest BCUT2D eigenvalue weighted by atomic mass is 10.1. The number of hydrogen-bond acceptors (Lipinski definition) is 4. The van der Waals surface area contributed by atoms with Gasteiger partial charge in [0.25, 0.3) is 5.91 Å². The van der Waals surface area contributed by atoms with Crippen LogP contribution < -0.4 is 9.47 Å². The molecule has 1 amide bonds. The molecule has 1 atom stereocenters. The van der Waals surface area contributed by atoms with Gasteiger partial charge in [-0.1, -0.05) is 12.2 Å². The summed E-state index contributed by atoms with van der Waals surface area (Å²) in [5.74, 6) is 1.33. The molecule has 2 aliphatic heterocycles. The Hall–Kier alpha value is -2.01. The van der Waals surface area contributed by atoms with E-state index in [1.54, 1.807) is 13.2 Å². The third-order valence-corrected chi connectivity index (χ3v) is 4.68. The molecule has 0 aromatic heterocycles. The molecule has 0 saturated carbocycles. The molecule has 2 aliphatic rings. The molecule has 1 aromatic carbocycles. The number of amides is 1. The van der Waals surface area contributed by atoms with Gasteiger partial charge < -0.3 is 19.5 Å². The van der Waals surface area contributed by atoms with Gasteiger partial charge in [-0.15, -0.1) is 0 Å². The van der Waals surface area contributed by atoms with E-state index in [1.165, 1.54) is 0 Å². The predicted molar refractivity (Wildman–Crippen MR) is 92.5 cm³/mol. The van der Waals surface area contributed by atoms with E-state index in [9.17, 15) is 4.79 Å². The van der Waals surface area contributed by atoms with Crippen molar-refractivity contribution in [3.8, 4) is 11.5 Å². The molecule has 1 fully saturated rings. The van der Waals surface area contributed by atoms with Crippen LogP contribution in [-0.4, -0.2) is 48.8 Å². The van der Waals surface area contributed by atoms with Crippen LogP contribution in [0.3, 0.4) is 0 Å². The molecule has 2 heterocycles. The minimum Gasteiger partial charge on any atom is -0.493 e. The number of carbonyl (C=O) groups excluding carboxylic acids is 1. The van der Waals surface area contributed by atoms with E-state index >= 15 is 0 Å². The average molecular weight is 331 g/mol. The first-order valence-electron chi connectivity index (χ1n) is 8.69. The van der Waals surface area contributed by atoms with Gasteiger partial charge in [0.2, 0.25) is 0 Å². The summed E-state index contributed by atoms with van der Waals surface area (Å²) in [6.07, 6.45) is 8.84. The van der Waals surface area contributed by atoms with E-state index in [0.717, 1.165) is 44.2 Å². The second-order valence-electron chi connectivity index (χ2n) is 6.29. The van der Waals surface area contributed by atoms with Crippen molar-refractivity contribution < 1.29 is 19.4 Å². The van der Waals surface area contributed by atoms with Gasteiger partial charge in [0, 0.05) is 13.2 Å². The van der Waals surface area contributed by atoms with E-state index in [4.69, 9.17) is 14.6 Å². The summed E-state index contributed by atoms with van der Waals surface area (Å²) in [5.41, 5.74) is 1.57. The third-order valence-electron chi connectivity index (χ3n) is 4.68. The second kappa shape index (κ2) is 7.71.